The summed E-state index contributed by atoms with van der Waals surface area (Å²) < 4.78 is 7.70. The summed E-state index contributed by atoms with van der Waals surface area (Å²) in [5, 5.41) is 11.5. The minimum atomic E-state index is 0.0980. The van der Waals surface area contributed by atoms with E-state index < -0.39 is 0 Å². The Hall–Kier alpha value is -2.34. The van der Waals surface area contributed by atoms with E-state index in [4.69, 9.17) is 4.74 Å². The fourth-order valence-corrected chi connectivity index (χ4v) is 3.93. The van der Waals surface area contributed by atoms with Crippen molar-refractivity contribution in [2.24, 2.45) is 4.99 Å². The number of rotatable bonds is 7. The largest absolute Gasteiger partial charge is 0.381 e. The van der Waals surface area contributed by atoms with Gasteiger partial charge in [0.1, 0.15) is 0 Å². The van der Waals surface area contributed by atoms with Gasteiger partial charge in [-0.2, -0.15) is 5.10 Å². The quantitative estimate of drug-likeness (QED) is 0.438. The average Bonchev–Trinajstić information content (AvgIpc) is 3.05. The van der Waals surface area contributed by atoms with Gasteiger partial charge in [-0.3, -0.25) is 9.67 Å². The minimum absolute atomic E-state index is 0.0980. The van der Waals surface area contributed by atoms with E-state index in [0.717, 1.165) is 63.8 Å². The topological polar surface area (TPSA) is 63.5 Å². The molecule has 1 aromatic carbocycles. The first-order valence-corrected chi connectivity index (χ1v) is 10.2. The van der Waals surface area contributed by atoms with Crippen LogP contribution in [-0.2, 0) is 16.7 Å². The maximum Gasteiger partial charge on any atom is 0.191 e. The summed E-state index contributed by atoms with van der Waals surface area (Å²) in [5.74, 6) is 0.857. The normalized spacial score (nSPS) is 16.8. The van der Waals surface area contributed by atoms with Gasteiger partial charge in [-0.05, 0) is 44.7 Å². The fraction of sp³-hybridized carbons (Fsp3) is 0.545. The first-order chi connectivity index (χ1) is 13.6. The van der Waals surface area contributed by atoms with Crippen LogP contribution in [0.1, 0.15) is 36.2 Å². The van der Waals surface area contributed by atoms with Crippen LogP contribution >= 0.6 is 0 Å². The van der Waals surface area contributed by atoms with Gasteiger partial charge < -0.3 is 15.4 Å². The molecule has 6 heteroatoms. The summed E-state index contributed by atoms with van der Waals surface area (Å²) >= 11 is 0. The van der Waals surface area contributed by atoms with Crippen molar-refractivity contribution in [3.63, 3.8) is 0 Å². The third-order valence-electron chi connectivity index (χ3n) is 5.60. The van der Waals surface area contributed by atoms with Crippen LogP contribution in [-0.4, -0.2) is 49.1 Å². The molecule has 28 heavy (non-hydrogen) atoms. The highest BCUT2D eigenvalue weighted by Gasteiger charge is 2.34. The number of aryl methyl sites for hydroxylation is 3. The smallest absolute Gasteiger partial charge is 0.191 e. The molecule has 1 fully saturated rings. The maximum absolute atomic E-state index is 5.63. The van der Waals surface area contributed by atoms with E-state index in [1.54, 1.807) is 0 Å². The number of hydrogen-bond acceptors (Lipinski definition) is 3. The van der Waals surface area contributed by atoms with Crippen molar-refractivity contribution in [1.82, 2.24) is 20.4 Å². The predicted octanol–water partition coefficient (Wildman–Crippen LogP) is 2.80. The Morgan fingerprint density at radius 1 is 1.18 bits per heavy atom. The maximum atomic E-state index is 5.63. The molecular formula is C22H33N5O. The molecule has 6 nitrogen and oxygen atoms in total. The SMILES string of the molecule is CN=C(NCCCn1nc(C)cc1C)NCC1(c2ccccc2)CCOCC1. The van der Waals surface area contributed by atoms with Gasteiger partial charge in [-0.25, -0.2) is 0 Å². The van der Waals surface area contributed by atoms with Crippen molar-refractivity contribution in [3.8, 4) is 0 Å². The second kappa shape index (κ2) is 9.73. The lowest BCUT2D eigenvalue weighted by Gasteiger charge is -2.38. The number of hydrogen-bond donors (Lipinski definition) is 2. The highest BCUT2D eigenvalue weighted by atomic mass is 16.5. The molecule has 3 rings (SSSR count). The molecule has 0 aliphatic carbocycles. The highest BCUT2D eigenvalue weighted by molar-refractivity contribution is 5.79. The van der Waals surface area contributed by atoms with Crippen molar-refractivity contribution < 1.29 is 4.74 Å². The van der Waals surface area contributed by atoms with Crippen LogP contribution in [0.4, 0.5) is 0 Å². The van der Waals surface area contributed by atoms with Crippen LogP contribution in [0.25, 0.3) is 0 Å². The Morgan fingerprint density at radius 3 is 2.57 bits per heavy atom. The van der Waals surface area contributed by atoms with Crippen LogP contribution in [0.15, 0.2) is 41.4 Å². The Bertz CT molecular complexity index is 762. The molecule has 1 aliphatic rings. The van der Waals surface area contributed by atoms with Gasteiger partial charge >= 0.3 is 0 Å². The summed E-state index contributed by atoms with van der Waals surface area (Å²) in [7, 11) is 1.83. The van der Waals surface area contributed by atoms with Crippen LogP contribution in [0, 0.1) is 13.8 Å². The zero-order valence-electron chi connectivity index (χ0n) is 17.4. The fourth-order valence-electron chi connectivity index (χ4n) is 3.93. The molecule has 2 heterocycles. The van der Waals surface area contributed by atoms with Crippen LogP contribution in [0.3, 0.4) is 0 Å². The molecule has 0 amide bonds. The first kappa shape index (κ1) is 20.4. The van der Waals surface area contributed by atoms with Crippen LogP contribution in [0.5, 0.6) is 0 Å². The lowest BCUT2D eigenvalue weighted by Crippen LogP contribution is -2.48. The molecule has 1 saturated heterocycles. The number of benzene rings is 1. The number of nitrogens with one attached hydrogen (secondary N) is 2. The summed E-state index contributed by atoms with van der Waals surface area (Å²) in [6, 6.07) is 12.9. The van der Waals surface area contributed by atoms with Gasteiger partial charge in [-0.15, -0.1) is 0 Å². The molecule has 0 bridgehead atoms. The molecular weight excluding hydrogens is 350 g/mol. The van der Waals surface area contributed by atoms with E-state index in [0.29, 0.717) is 0 Å². The summed E-state index contributed by atoms with van der Waals surface area (Å²) in [5.41, 5.74) is 3.77. The van der Waals surface area contributed by atoms with E-state index in [-0.39, 0.29) is 5.41 Å². The number of guanidine groups is 1. The van der Waals surface area contributed by atoms with E-state index in [2.05, 4.69) is 68.7 Å². The lowest BCUT2D eigenvalue weighted by molar-refractivity contribution is 0.0514. The molecule has 0 spiro atoms. The summed E-state index contributed by atoms with van der Waals surface area (Å²) in [6.07, 6.45) is 3.05. The standard InChI is InChI=1S/C22H33N5O/c1-18-16-19(2)27(26-18)13-7-12-24-21(23-3)25-17-22(10-14-28-15-11-22)20-8-5-4-6-9-20/h4-6,8-9,16H,7,10-15,17H2,1-3H3,(H2,23,24,25). The van der Waals surface area contributed by atoms with Crippen LogP contribution in [0.2, 0.25) is 0 Å². The molecule has 1 aliphatic heterocycles. The van der Waals surface area contributed by atoms with Gasteiger partial charge in [-0.1, -0.05) is 30.3 Å². The Labute approximate surface area is 168 Å². The zero-order chi connectivity index (χ0) is 19.8. The third kappa shape index (κ3) is 5.13. The molecule has 2 N–H and O–H groups in total. The van der Waals surface area contributed by atoms with Gasteiger partial charge in [0.05, 0.1) is 5.69 Å². The molecule has 0 unspecified atom stereocenters. The van der Waals surface area contributed by atoms with Gasteiger partial charge in [0, 0.05) is 51.0 Å². The summed E-state index contributed by atoms with van der Waals surface area (Å²) in [6.45, 7) is 8.39. The van der Waals surface area contributed by atoms with Crippen molar-refractivity contribution in [3.05, 3.63) is 53.3 Å². The number of aliphatic imine (C=N–C) groups is 1. The predicted molar refractivity (Wildman–Crippen MR) is 114 cm³/mol. The van der Waals surface area contributed by atoms with E-state index in [1.165, 1.54) is 11.3 Å². The minimum Gasteiger partial charge on any atom is -0.381 e. The molecule has 0 atom stereocenters. The average molecular weight is 384 g/mol. The second-order valence-corrected chi connectivity index (χ2v) is 7.62. The number of ether oxygens (including phenoxy) is 1. The van der Waals surface area contributed by atoms with Crippen LogP contribution < -0.4 is 10.6 Å². The monoisotopic (exact) mass is 383 g/mol. The molecule has 152 valence electrons. The summed E-state index contributed by atoms with van der Waals surface area (Å²) in [4.78, 5) is 4.40. The number of aromatic nitrogens is 2. The van der Waals surface area contributed by atoms with Gasteiger partial charge in [0.2, 0.25) is 0 Å². The van der Waals surface area contributed by atoms with Crippen molar-refractivity contribution in [2.45, 2.75) is 45.1 Å². The van der Waals surface area contributed by atoms with Gasteiger partial charge in [0.15, 0.2) is 5.96 Å². The van der Waals surface area contributed by atoms with Crippen molar-refractivity contribution in [2.75, 3.05) is 33.4 Å². The molecule has 0 saturated carbocycles. The molecule has 0 radical (unpaired) electrons. The molecule has 2 aromatic rings. The van der Waals surface area contributed by atoms with E-state index in [1.807, 2.05) is 14.0 Å². The second-order valence-electron chi connectivity index (χ2n) is 7.62. The van der Waals surface area contributed by atoms with Crippen molar-refractivity contribution in [1.29, 1.82) is 0 Å². The Balaban J connectivity index is 1.51. The van der Waals surface area contributed by atoms with Gasteiger partial charge in [0.25, 0.3) is 0 Å². The number of nitrogens with zero attached hydrogens (tertiary/aromatic N) is 3. The third-order valence-corrected chi connectivity index (χ3v) is 5.60. The Morgan fingerprint density at radius 2 is 1.93 bits per heavy atom. The van der Waals surface area contributed by atoms with E-state index in [9.17, 15) is 0 Å². The van der Waals surface area contributed by atoms with E-state index >= 15 is 0 Å². The molecule has 1 aromatic heterocycles. The Kier molecular flexibility index (Phi) is 7.09. The first-order valence-electron chi connectivity index (χ1n) is 10.2. The highest BCUT2D eigenvalue weighted by Crippen LogP contribution is 2.34. The lowest BCUT2D eigenvalue weighted by atomic mass is 9.74. The van der Waals surface area contributed by atoms with Crippen molar-refractivity contribution >= 4 is 5.96 Å². The zero-order valence-corrected chi connectivity index (χ0v) is 17.4.